The largest absolute Gasteiger partial charge is 0.481 e. The summed E-state index contributed by atoms with van der Waals surface area (Å²) in [7, 11) is 1.29. The quantitative estimate of drug-likeness (QED) is 0.109. The van der Waals surface area contributed by atoms with Crippen LogP contribution in [0.5, 0.6) is 0 Å². The Balaban J connectivity index is 0.000000271. The number of urea groups is 2. The maximum absolute atomic E-state index is 12.0. The van der Waals surface area contributed by atoms with Crippen molar-refractivity contribution in [3.63, 3.8) is 0 Å². The molecule has 0 aromatic carbocycles. The van der Waals surface area contributed by atoms with Crippen molar-refractivity contribution in [2.75, 3.05) is 20.3 Å². The number of aliphatic carboxylic acids is 1. The zero-order valence-electron chi connectivity index (χ0n) is 29.0. The van der Waals surface area contributed by atoms with Gasteiger partial charge >= 0.3 is 24.0 Å². The first-order valence-electron chi connectivity index (χ1n) is 16.9. The summed E-state index contributed by atoms with van der Waals surface area (Å²) in [5, 5.41) is 15.9. The van der Waals surface area contributed by atoms with Gasteiger partial charge in [0.25, 0.3) is 5.97 Å². The van der Waals surface area contributed by atoms with Crippen molar-refractivity contribution < 1.29 is 67.2 Å². The molecule has 4 fully saturated rings. The van der Waals surface area contributed by atoms with Crippen molar-refractivity contribution in [3.05, 3.63) is 11.6 Å². The molecule has 0 aromatic rings. The van der Waals surface area contributed by atoms with E-state index in [-0.39, 0.29) is 18.6 Å². The molecule has 2 saturated carbocycles. The Bertz CT molecular complexity index is 1250. The van der Waals surface area contributed by atoms with E-state index < -0.39 is 59.8 Å². The maximum atomic E-state index is 12.0. The number of carbonyl (C=O) groups excluding carboxylic acids is 8. The molecule has 2 atom stereocenters. The van der Waals surface area contributed by atoms with Gasteiger partial charge < -0.3 is 29.4 Å². The van der Waals surface area contributed by atoms with E-state index in [9.17, 15) is 38.4 Å². The highest BCUT2D eigenvalue weighted by atomic mass is 16.6. The van der Waals surface area contributed by atoms with Crippen LogP contribution in [0.2, 0.25) is 0 Å². The number of carbonyl (C=O) groups is 9. The zero-order chi connectivity index (χ0) is 37.8. The number of esters is 2. The van der Waals surface area contributed by atoms with Gasteiger partial charge in [0.05, 0.1) is 19.3 Å². The van der Waals surface area contributed by atoms with Crippen molar-refractivity contribution in [1.29, 1.82) is 0 Å². The molecule has 284 valence electrons. The Morgan fingerprint density at radius 1 is 0.824 bits per heavy atom. The van der Waals surface area contributed by atoms with E-state index in [0.29, 0.717) is 50.3 Å². The fourth-order valence-electron chi connectivity index (χ4n) is 5.66. The third-order valence-electron chi connectivity index (χ3n) is 7.96. The SMILES string of the molecule is CC(=O)O.COC(=O)CC(=O)CCCOC1CCCC1.O=C1CC(=O)NC(=O)N1.O=C1NC(=O)C2C(CCCOC3CCCC3)=CC(=O)OC2N1. The molecule has 3 aliphatic heterocycles. The molecule has 2 saturated heterocycles. The highest BCUT2D eigenvalue weighted by Gasteiger charge is 2.42. The molecule has 0 spiro atoms. The lowest BCUT2D eigenvalue weighted by Crippen LogP contribution is -2.61. The van der Waals surface area contributed by atoms with E-state index >= 15 is 0 Å². The molecule has 0 aromatic heterocycles. The van der Waals surface area contributed by atoms with Crippen molar-refractivity contribution in [1.82, 2.24) is 21.3 Å². The summed E-state index contributed by atoms with van der Waals surface area (Å²) in [5.41, 5.74) is 0.689. The van der Waals surface area contributed by atoms with E-state index in [1.54, 1.807) is 0 Å². The van der Waals surface area contributed by atoms with Gasteiger partial charge in [0, 0.05) is 32.6 Å². The fraction of sp³-hybridized carbons (Fsp3) is 0.667. The molecular weight excluding hydrogens is 676 g/mol. The van der Waals surface area contributed by atoms with Gasteiger partial charge in [-0.3, -0.25) is 44.7 Å². The van der Waals surface area contributed by atoms with Crippen LogP contribution in [0.15, 0.2) is 11.6 Å². The van der Waals surface area contributed by atoms with Crippen molar-refractivity contribution >= 4 is 53.5 Å². The van der Waals surface area contributed by atoms with Crippen molar-refractivity contribution in [3.8, 4) is 0 Å². The standard InChI is InChI=1S/C15H20N2O5.C12H20O4.C4H4N2O3.C2H4O2/c18-11-8-9(4-3-7-21-10-5-1-2-6-10)12-13(19)16-15(20)17-14(12)22-11;1-15-12(14)9-10(13)5-4-8-16-11-6-2-3-7-11;7-2-1-3(8)6-4(9)5-2;1-2(3)4/h8,10,12,14H,1-7H2,(H2,16,17,19,20);11H,2-9H2,1H3;1H2,(H2,5,6,7,8,9);1H3,(H,3,4). The number of Topliss-reactive ketones (excluding diaryl/α,β-unsaturated/α-hetero) is 1. The first kappa shape index (κ1) is 42.5. The summed E-state index contributed by atoms with van der Waals surface area (Å²) in [4.78, 5) is 96.7. The van der Waals surface area contributed by atoms with Crippen molar-refractivity contribution in [2.24, 2.45) is 5.92 Å². The maximum Gasteiger partial charge on any atom is 0.332 e. The molecule has 2 aliphatic carbocycles. The molecule has 5 N–H and O–H groups in total. The van der Waals surface area contributed by atoms with Gasteiger partial charge in [0.15, 0.2) is 6.23 Å². The number of nitrogens with one attached hydrogen (secondary N) is 4. The zero-order valence-corrected chi connectivity index (χ0v) is 29.0. The minimum absolute atomic E-state index is 0.0677. The second-order valence-corrected chi connectivity index (χ2v) is 12.2. The number of ketones is 1. The summed E-state index contributed by atoms with van der Waals surface area (Å²) in [6, 6.07) is -1.37. The second-order valence-electron chi connectivity index (χ2n) is 12.2. The normalized spacial score (nSPS) is 21.3. The number of rotatable bonds is 12. The van der Waals surface area contributed by atoms with E-state index in [0.717, 1.165) is 39.0 Å². The topological polar surface area (TPSA) is 259 Å². The predicted octanol–water partition coefficient (Wildman–Crippen LogP) is 1.68. The highest BCUT2D eigenvalue weighted by Crippen LogP contribution is 2.28. The van der Waals surface area contributed by atoms with Crippen LogP contribution in [-0.2, 0) is 52.5 Å². The van der Waals surface area contributed by atoms with Crippen molar-refractivity contribution in [2.45, 2.75) is 115 Å². The first-order chi connectivity index (χ1) is 24.3. The van der Waals surface area contributed by atoms with Crippen LogP contribution in [-0.4, -0.2) is 97.3 Å². The average Bonchev–Trinajstić information content (AvgIpc) is 3.75. The molecule has 5 aliphatic rings. The van der Waals surface area contributed by atoms with Gasteiger partial charge in [0.2, 0.25) is 17.7 Å². The minimum atomic E-state index is -0.899. The number of fused-ring (bicyclic) bond motifs is 1. The van der Waals surface area contributed by atoms with Gasteiger partial charge in [-0.1, -0.05) is 25.7 Å². The Morgan fingerprint density at radius 3 is 1.86 bits per heavy atom. The number of methoxy groups -OCH3 is 1. The lowest BCUT2D eigenvalue weighted by molar-refractivity contribution is -0.152. The highest BCUT2D eigenvalue weighted by molar-refractivity contribution is 6.14. The Labute approximate surface area is 295 Å². The third-order valence-corrected chi connectivity index (χ3v) is 7.96. The van der Waals surface area contributed by atoms with Crippen LogP contribution in [0.4, 0.5) is 9.59 Å². The molecule has 5 rings (SSSR count). The number of carboxylic acid groups (broad SMARTS) is 1. The van der Waals surface area contributed by atoms with Gasteiger partial charge in [-0.15, -0.1) is 0 Å². The van der Waals surface area contributed by atoms with Gasteiger partial charge in [-0.05, 0) is 50.5 Å². The predicted molar refractivity (Wildman–Crippen MR) is 174 cm³/mol. The van der Waals surface area contributed by atoms with Crippen LogP contribution in [0.3, 0.4) is 0 Å². The monoisotopic (exact) mass is 724 g/mol. The van der Waals surface area contributed by atoms with Crippen LogP contribution < -0.4 is 21.3 Å². The lowest BCUT2D eigenvalue weighted by Gasteiger charge is -2.34. The summed E-state index contributed by atoms with van der Waals surface area (Å²) in [6.45, 7) is 2.32. The fourth-order valence-corrected chi connectivity index (χ4v) is 5.66. The number of ether oxygens (including phenoxy) is 4. The first-order valence-corrected chi connectivity index (χ1v) is 16.9. The summed E-state index contributed by atoms with van der Waals surface area (Å²) in [6.07, 6.45) is 12.8. The molecule has 7 amide bonds. The van der Waals surface area contributed by atoms with E-state index in [1.165, 1.54) is 38.9 Å². The number of hydrogen-bond acceptors (Lipinski definition) is 13. The molecule has 0 bridgehead atoms. The van der Waals surface area contributed by atoms with Crippen LogP contribution in [0.1, 0.15) is 96.8 Å². The Kier molecular flexibility index (Phi) is 19.1. The molecule has 18 heteroatoms. The number of imide groups is 3. The van der Waals surface area contributed by atoms with E-state index in [2.05, 4.69) is 15.4 Å². The number of hydrogen-bond donors (Lipinski definition) is 5. The molecular formula is C33H48N4O14. The van der Waals surface area contributed by atoms with E-state index in [4.69, 9.17) is 24.1 Å². The second kappa shape index (κ2) is 22.9. The number of amides is 7. The summed E-state index contributed by atoms with van der Waals surface area (Å²) in [5.74, 6) is -4.05. The Morgan fingerprint density at radius 2 is 1.35 bits per heavy atom. The molecule has 2 unspecified atom stereocenters. The lowest BCUT2D eigenvalue weighted by atomic mass is 9.89. The number of barbiturate groups is 1. The van der Waals surface area contributed by atoms with Crippen LogP contribution in [0, 0.1) is 5.92 Å². The van der Waals surface area contributed by atoms with E-state index in [1.807, 2.05) is 10.6 Å². The molecule has 3 heterocycles. The molecule has 0 radical (unpaired) electrons. The minimum Gasteiger partial charge on any atom is -0.481 e. The Hall–Kier alpha value is -4.71. The molecule has 51 heavy (non-hydrogen) atoms. The van der Waals surface area contributed by atoms with Gasteiger partial charge in [0.1, 0.15) is 24.5 Å². The number of carboxylic acids is 1. The van der Waals surface area contributed by atoms with Crippen LogP contribution >= 0.6 is 0 Å². The smallest absolute Gasteiger partial charge is 0.332 e. The van der Waals surface area contributed by atoms with Gasteiger partial charge in [-0.25, -0.2) is 14.4 Å². The summed E-state index contributed by atoms with van der Waals surface area (Å²) < 4.78 is 20.8. The average molecular weight is 725 g/mol. The van der Waals surface area contributed by atoms with Gasteiger partial charge in [-0.2, -0.15) is 0 Å². The molecule has 18 nitrogen and oxygen atoms in total. The third kappa shape index (κ3) is 17.7. The van der Waals surface area contributed by atoms with Crippen LogP contribution in [0.25, 0.3) is 0 Å². The summed E-state index contributed by atoms with van der Waals surface area (Å²) >= 11 is 0.